The lowest BCUT2D eigenvalue weighted by Crippen LogP contribution is -2.30. The van der Waals surface area contributed by atoms with Gasteiger partial charge >= 0.3 is 0 Å². The van der Waals surface area contributed by atoms with Gasteiger partial charge in [-0.1, -0.05) is 19.1 Å². The molecule has 13 heteroatoms. The van der Waals surface area contributed by atoms with E-state index in [9.17, 15) is 13.2 Å². The molecule has 1 aliphatic carbocycles. The lowest BCUT2D eigenvalue weighted by atomic mass is 10.1. The first kappa shape index (κ1) is 26.3. The Bertz CT molecular complexity index is 1730. The predicted molar refractivity (Wildman–Crippen MR) is 147 cm³/mol. The highest BCUT2D eigenvalue weighted by molar-refractivity contribution is 7.91. The molecule has 1 atom stereocenters. The first-order chi connectivity index (χ1) is 19.4. The van der Waals surface area contributed by atoms with Gasteiger partial charge in [0.25, 0.3) is 5.56 Å². The number of anilines is 1. The SMILES string of the molecule is CCS(=O)(=O)c1ccc(CNc2nc3cnc(-c4c(OC)ncnc4C4CC4)nc3n(C3CCOC3)c2=O)cc1. The smallest absolute Gasteiger partial charge is 0.295 e. The number of fused-ring (bicyclic) bond motifs is 1. The van der Waals surface area contributed by atoms with Crippen molar-refractivity contribution in [1.82, 2.24) is 29.5 Å². The molecule has 12 nitrogen and oxygen atoms in total. The van der Waals surface area contributed by atoms with Gasteiger partial charge in [0.1, 0.15) is 17.4 Å². The van der Waals surface area contributed by atoms with Crippen LogP contribution in [0.3, 0.4) is 0 Å². The zero-order valence-corrected chi connectivity index (χ0v) is 23.0. The first-order valence-electron chi connectivity index (χ1n) is 13.2. The van der Waals surface area contributed by atoms with E-state index in [1.165, 1.54) is 6.33 Å². The molecule has 4 aromatic rings. The van der Waals surface area contributed by atoms with E-state index in [0.29, 0.717) is 54.0 Å². The third kappa shape index (κ3) is 4.90. The van der Waals surface area contributed by atoms with E-state index in [-0.39, 0.29) is 34.6 Å². The van der Waals surface area contributed by atoms with Crippen LogP contribution >= 0.6 is 0 Å². The zero-order chi connectivity index (χ0) is 27.9. The molecule has 2 fully saturated rings. The Labute approximate surface area is 230 Å². The number of benzene rings is 1. The molecule has 2 aliphatic rings. The minimum Gasteiger partial charge on any atom is -0.480 e. The standard InChI is InChI=1S/C27H29N7O5S/c1-3-40(36,37)19-8-4-16(5-9-19)12-28-24-27(35)34(18-10-11-39-14-18)25-20(32-24)13-29-23(33-25)21-22(17-6-7-17)30-15-31-26(21)38-2/h4-5,8-9,13,15,17-18H,3,6-7,10-12,14H2,1-2H3,(H,28,32). The number of sulfone groups is 1. The summed E-state index contributed by atoms with van der Waals surface area (Å²) in [6.07, 6.45) is 5.80. The molecule has 0 radical (unpaired) electrons. The van der Waals surface area contributed by atoms with E-state index in [0.717, 1.165) is 24.1 Å². The van der Waals surface area contributed by atoms with Crippen LogP contribution < -0.4 is 15.6 Å². The van der Waals surface area contributed by atoms with Gasteiger partial charge in [-0.2, -0.15) is 0 Å². The number of hydrogen-bond acceptors (Lipinski definition) is 11. The van der Waals surface area contributed by atoms with E-state index in [1.54, 1.807) is 49.1 Å². The summed E-state index contributed by atoms with van der Waals surface area (Å²) < 4.78 is 37.0. The van der Waals surface area contributed by atoms with Crippen molar-refractivity contribution in [3.05, 3.63) is 58.4 Å². The molecule has 1 aromatic carbocycles. The lowest BCUT2D eigenvalue weighted by Gasteiger charge is -2.18. The van der Waals surface area contributed by atoms with Crippen LogP contribution in [-0.4, -0.2) is 64.0 Å². The minimum atomic E-state index is -3.29. The summed E-state index contributed by atoms with van der Waals surface area (Å²) in [5.74, 6) is 1.26. The van der Waals surface area contributed by atoms with Gasteiger partial charge in [0.15, 0.2) is 27.1 Å². The number of ether oxygens (including phenoxy) is 2. The van der Waals surface area contributed by atoms with Crippen LogP contribution in [0, 0.1) is 0 Å². The molecule has 6 rings (SSSR count). The normalized spacial score (nSPS) is 17.3. The van der Waals surface area contributed by atoms with Crippen molar-refractivity contribution in [2.45, 2.75) is 49.6 Å². The quantitative estimate of drug-likeness (QED) is 0.320. The van der Waals surface area contributed by atoms with Gasteiger partial charge in [-0.3, -0.25) is 9.36 Å². The third-order valence-corrected chi connectivity index (χ3v) is 9.00. The highest BCUT2D eigenvalue weighted by atomic mass is 32.2. The molecule has 0 amide bonds. The second-order valence-corrected chi connectivity index (χ2v) is 12.2. The molecule has 0 spiro atoms. The summed E-state index contributed by atoms with van der Waals surface area (Å²) in [7, 11) is -1.74. The fourth-order valence-electron chi connectivity index (χ4n) is 4.88. The number of methoxy groups -OCH3 is 1. The van der Waals surface area contributed by atoms with Crippen molar-refractivity contribution in [2.24, 2.45) is 0 Å². The number of hydrogen-bond donors (Lipinski definition) is 1. The van der Waals surface area contributed by atoms with E-state index in [1.807, 2.05) is 0 Å². The molecule has 4 heterocycles. The molecular formula is C27H29N7O5S. The summed E-state index contributed by atoms with van der Waals surface area (Å²) >= 11 is 0. The predicted octanol–water partition coefficient (Wildman–Crippen LogP) is 2.90. The second-order valence-electron chi connectivity index (χ2n) is 9.87. The van der Waals surface area contributed by atoms with Gasteiger partial charge < -0.3 is 14.8 Å². The summed E-state index contributed by atoms with van der Waals surface area (Å²) in [5.41, 5.74) is 2.81. The lowest BCUT2D eigenvalue weighted by molar-refractivity contribution is 0.186. The fourth-order valence-corrected chi connectivity index (χ4v) is 5.77. The third-order valence-electron chi connectivity index (χ3n) is 7.25. The minimum absolute atomic E-state index is 0.0335. The monoisotopic (exact) mass is 563 g/mol. The zero-order valence-electron chi connectivity index (χ0n) is 22.2. The molecule has 0 bridgehead atoms. The number of nitrogens with zero attached hydrogens (tertiary/aromatic N) is 6. The van der Waals surface area contributed by atoms with Crippen LogP contribution in [0.15, 0.2) is 46.5 Å². The number of aromatic nitrogens is 6. The van der Waals surface area contributed by atoms with Crippen molar-refractivity contribution < 1.29 is 17.9 Å². The average molecular weight is 564 g/mol. The largest absolute Gasteiger partial charge is 0.480 e. The van der Waals surface area contributed by atoms with Crippen molar-refractivity contribution in [3.8, 4) is 17.3 Å². The molecule has 40 heavy (non-hydrogen) atoms. The van der Waals surface area contributed by atoms with Crippen molar-refractivity contribution in [3.63, 3.8) is 0 Å². The Kier molecular flexibility index (Phi) is 6.92. The van der Waals surface area contributed by atoms with Crippen molar-refractivity contribution in [1.29, 1.82) is 0 Å². The topological polar surface area (TPSA) is 151 Å². The van der Waals surface area contributed by atoms with Gasteiger partial charge in [-0.15, -0.1) is 0 Å². The average Bonchev–Trinajstić information content (AvgIpc) is 3.69. The molecule has 1 saturated heterocycles. The summed E-state index contributed by atoms with van der Waals surface area (Å²) in [6, 6.07) is 6.39. The van der Waals surface area contributed by atoms with Gasteiger partial charge in [-0.25, -0.2) is 33.3 Å². The maximum Gasteiger partial charge on any atom is 0.295 e. The van der Waals surface area contributed by atoms with E-state index < -0.39 is 9.84 Å². The molecule has 3 aromatic heterocycles. The fraction of sp³-hybridized carbons (Fsp3) is 0.407. The Morgan fingerprint density at radius 3 is 2.58 bits per heavy atom. The first-order valence-corrected chi connectivity index (χ1v) is 14.9. The highest BCUT2D eigenvalue weighted by Crippen LogP contribution is 2.44. The van der Waals surface area contributed by atoms with E-state index >= 15 is 0 Å². The summed E-state index contributed by atoms with van der Waals surface area (Å²) in [6.45, 7) is 2.82. The van der Waals surface area contributed by atoms with Crippen LogP contribution in [0.5, 0.6) is 5.88 Å². The maximum absolute atomic E-state index is 13.8. The van der Waals surface area contributed by atoms with Gasteiger partial charge in [0, 0.05) is 19.1 Å². The van der Waals surface area contributed by atoms with Gasteiger partial charge in [-0.05, 0) is 37.0 Å². The van der Waals surface area contributed by atoms with Crippen LogP contribution in [0.25, 0.3) is 22.6 Å². The molecule has 1 aliphatic heterocycles. The van der Waals surface area contributed by atoms with E-state index in [2.05, 4.69) is 25.3 Å². The molecule has 1 unspecified atom stereocenters. The molecule has 208 valence electrons. The van der Waals surface area contributed by atoms with Crippen LogP contribution in [0.2, 0.25) is 0 Å². The Morgan fingerprint density at radius 1 is 1.10 bits per heavy atom. The summed E-state index contributed by atoms with van der Waals surface area (Å²) in [4.78, 5) is 36.8. The Balaban J connectivity index is 1.39. The summed E-state index contributed by atoms with van der Waals surface area (Å²) in [5, 5.41) is 3.12. The van der Waals surface area contributed by atoms with Gasteiger partial charge in [0.05, 0.1) is 42.3 Å². The highest BCUT2D eigenvalue weighted by Gasteiger charge is 2.32. The van der Waals surface area contributed by atoms with Crippen molar-refractivity contribution >= 4 is 26.8 Å². The molecular weight excluding hydrogens is 534 g/mol. The number of rotatable bonds is 9. The molecule has 1 N–H and O–H groups in total. The van der Waals surface area contributed by atoms with Crippen LogP contribution in [0.1, 0.15) is 49.4 Å². The second kappa shape index (κ2) is 10.5. The van der Waals surface area contributed by atoms with Gasteiger partial charge in [0.2, 0.25) is 5.88 Å². The Morgan fingerprint density at radius 2 is 1.90 bits per heavy atom. The van der Waals surface area contributed by atoms with Crippen LogP contribution in [-0.2, 0) is 21.1 Å². The maximum atomic E-state index is 13.8. The van der Waals surface area contributed by atoms with Crippen molar-refractivity contribution in [2.75, 3.05) is 31.4 Å². The van der Waals surface area contributed by atoms with Crippen LogP contribution in [0.4, 0.5) is 5.82 Å². The Hall–Kier alpha value is -3.97. The number of nitrogens with one attached hydrogen (secondary N) is 1. The molecule has 1 saturated carbocycles. The van der Waals surface area contributed by atoms with E-state index in [4.69, 9.17) is 14.5 Å².